The highest BCUT2D eigenvalue weighted by atomic mass is 16.5. The fourth-order valence-corrected chi connectivity index (χ4v) is 2.42. The quantitative estimate of drug-likeness (QED) is 0.841. The van der Waals surface area contributed by atoms with Crippen LogP contribution in [0.5, 0.6) is 0 Å². The Hall–Kier alpha value is -1.07. The molecule has 1 saturated carbocycles. The van der Waals surface area contributed by atoms with Gasteiger partial charge < -0.3 is 14.8 Å². The van der Waals surface area contributed by atoms with Gasteiger partial charge in [0, 0.05) is 26.5 Å². The number of methoxy groups -OCH3 is 2. The summed E-state index contributed by atoms with van der Waals surface area (Å²) in [5, 5.41) is 7.84. The van der Waals surface area contributed by atoms with Crippen molar-refractivity contribution in [3.05, 3.63) is 12.4 Å². The molecule has 1 aliphatic carbocycles. The molecule has 1 aromatic heterocycles. The van der Waals surface area contributed by atoms with Crippen LogP contribution in [0.25, 0.3) is 0 Å². The Labute approximate surface area is 108 Å². The second-order valence-corrected chi connectivity index (χ2v) is 4.84. The standard InChI is InChI=1S/C13H23N3O2/c1-17-8-7-16-10-12(9-14-16)15-11-3-5-13(18-2)6-4-11/h9-11,13,15H,3-8H2,1-2H3. The summed E-state index contributed by atoms with van der Waals surface area (Å²) in [6.45, 7) is 1.49. The monoisotopic (exact) mass is 253 g/mol. The largest absolute Gasteiger partial charge is 0.383 e. The topological polar surface area (TPSA) is 48.3 Å². The molecule has 0 aliphatic heterocycles. The summed E-state index contributed by atoms with van der Waals surface area (Å²) in [4.78, 5) is 0. The Bertz CT molecular complexity index is 346. The van der Waals surface area contributed by atoms with Gasteiger partial charge >= 0.3 is 0 Å². The number of aromatic nitrogens is 2. The molecule has 5 heteroatoms. The third-order valence-corrected chi connectivity index (χ3v) is 3.54. The number of hydrogen-bond donors (Lipinski definition) is 1. The van der Waals surface area contributed by atoms with Crippen molar-refractivity contribution >= 4 is 5.69 Å². The van der Waals surface area contributed by atoms with Crippen LogP contribution in [0.2, 0.25) is 0 Å². The van der Waals surface area contributed by atoms with Crippen LogP contribution in [0, 0.1) is 0 Å². The minimum Gasteiger partial charge on any atom is -0.383 e. The van der Waals surface area contributed by atoms with E-state index in [1.807, 2.05) is 17.1 Å². The second kappa shape index (κ2) is 6.75. The van der Waals surface area contributed by atoms with E-state index in [9.17, 15) is 0 Å². The zero-order chi connectivity index (χ0) is 12.8. The summed E-state index contributed by atoms with van der Waals surface area (Å²) >= 11 is 0. The van der Waals surface area contributed by atoms with E-state index < -0.39 is 0 Å². The molecule has 0 saturated heterocycles. The molecule has 1 fully saturated rings. The summed E-state index contributed by atoms with van der Waals surface area (Å²) in [7, 11) is 3.51. The number of rotatable bonds is 6. The average molecular weight is 253 g/mol. The summed E-state index contributed by atoms with van der Waals surface area (Å²) in [6, 6.07) is 0.552. The number of hydrogen-bond acceptors (Lipinski definition) is 4. The Morgan fingerprint density at radius 1 is 1.33 bits per heavy atom. The molecule has 0 bridgehead atoms. The lowest BCUT2D eigenvalue weighted by molar-refractivity contribution is 0.0682. The first-order valence-corrected chi connectivity index (χ1v) is 6.62. The fourth-order valence-electron chi connectivity index (χ4n) is 2.42. The van der Waals surface area contributed by atoms with Crippen molar-refractivity contribution in [2.75, 3.05) is 26.1 Å². The molecular formula is C13H23N3O2. The van der Waals surface area contributed by atoms with Crippen LogP contribution in [0.15, 0.2) is 12.4 Å². The molecule has 5 nitrogen and oxygen atoms in total. The maximum absolute atomic E-state index is 5.38. The minimum absolute atomic E-state index is 0.451. The molecule has 102 valence electrons. The van der Waals surface area contributed by atoms with Crippen LogP contribution in [-0.4, -0.2) is 42.8 Å². The van der Waals surface area contributed by atoms with Crippen molar-refractivity contribution < 1.29 is 9.47 Å². The average Bonchev–Trinajstić information content (AvgIpc) is 2.85. The van der Waals surface area contributed by atoms with Crippen molar-refractivity contribution in [3.8, 4) is 0 Å². The van der Waals surface area contributed by atoms with Gasteiger partial charge in [0.15, 0.2) is 0 Å². The number of anilines is 1. The lowest BCUT2D eigenvalue weighted by Gasteiger charge is -2.28. The summed E-state index contributed by atoms with van der Waals surface area (Å²) in [5.74, 6) is 0. The van der Waals surface area contributed by atoms with Gasteiger partial charge in [-0.15, -0.1) is 0 Å². The Balaban J connectivity index is 1.77. The lowest BCUT2D eigenvalue weighted by Crippen LogP contribution is -2.29. The van der Waals surface area contributed by atoms with Crippen LogP contribution in [0.3, 0.4) is 0 Å². The lowest BCUT2D eigenvalue weighted by atomic mass is 9.93. The molecule has 0 atom stereocenters. The van der Waals surface area contributed by atoms with Gasteiger partial charge in [0.1, 0.15) is 0 Å². The number of nitrogens with one attached hydrogen (secondary N) is 1. The van der Waals surface area contributed by atoms with Gasteiger partial charge in [0.25, 0.3) is 0 Å². The van der Waals surface area contributed by atoms with Crippen LogP contribution < -0.4 is 5.32 Å². The van der Waals surface area contributed by atoms with E-state index in [4.69, 9.17) is 9.47 Å². The fraction of sp³-hybridized carbons (Fsp3) is 0.769. The van der Waals surface area contributed by atoms with Crippen molar-refractivity contribution in [1.82, 2.24) is 9.78 Å². The first-order valence-electron chi connectivity index (χ1n) is 6.62. The Morgan fingerprint density at radius 2 is 2.11 bits per heavy atom. The molecule has 1 N–H and O–H groups in total. The molecule has 1 heterocycles. The molecule has 0 aromatic carbocycles. The molecule has 18 heavy (non-hydrogen) atoms. The van der Waals surface area contributed by atoms with Gasteiger partial charge in [-0.25, -0.2) is 0 Å². The van der Waals surface area contributed by atoms with Crippen molar-refractivity contribution in [1.29, 1.82) is 0 Å². The van der Waals surface area contributed by atoms with Crippen LogP contribution >= 0.6 is 0 Å². The predicted molar refractivity (Wildman–Crippen MR) is 70.8 cm³/mol. The molecule has 0 spiro atoms. The van der Waals surface area contributed by atoms with Crippen molar-refractivity contribution in [3.63, 3.8) is 0 Å². The van der Waals surface area contributed by atoms with Gasteiger partial charge in [0.2, 0.25) is 0 Å². The van der Waals surface area contributed by atoms with Gasteiger partial charge in [-0.1, -0.05) is 0 Å². The maximum Gasteiger partial charge on any atom is 0.0728 e. The van der Waals surface area contributed by atoms with E-state index in [0.717, 1.165) is 25.1 Å². The van der Waals surface area contributed by atoms with E-state index >= 15 is 0 Å². The Kier molecular flexibility index (Phi) is 5.01. The van der Waals surface area contributed by atoms with Crippen LogP contribution in [-0.2, 0) is 16.0 Å². The number of ether oxygens (including phenoxy) is 2. The first-order chi connectivity index (χ1) is 8.81. The predicted octanol–water partition coefficient (Wildman–Crippen LogP) is 1.90. The van der Waals surface area contributed by atoms with E-state index in [2.05, 4.69) is 10.4 Å². The molecular weight excluding hydrogens is 230 g/mol. The molecule has 1 aromatic rings. The van der Waals surface area contributed by atoms with Gasteiger partial charge in [-0.3, -0.25) is 4.68 Å². The van der Waals surface area contributed by atoms with E-state index in [-0.39, 0.29) is 0 Å². The third-order valence-electron chi connectivity index (χ3n) is 3.54. The van der Waals surface area contributed by atoms with Crippen LogP contribution in [0.4, 0.5) is 5.69 Å². The maximum atomic E-state index is 5.38. The van der Waals surface area contributed by atoms with Crippen molar-refractivity contribution in [2.45, 2.75) is 44.4 Å². The molecule has 0 amide bonds. The SMILES string of the molecule is COCCn1cc(NC2CCC(OC)CC2)cn1. The third kappa shape index (κ3) is 3.71. The smallest absolute Gasteiger partial charge is 0.0728 e. The number of nitrogens with zero attached hydrogens (tertiary/aromatic N) is 2. The highest BCUT2D eigenvalue weighted by molar-refractivity contribution is 5.39. The van der Waals surface area contributed by atoms with Crippen molar-refractivity contribution in [2.24, 2.45) is 0 Å². The summed E-state index contributed by atoms with van der Waals surface area (Å²) in [5.41, 5.74) is 1.10. The highest BCUT2D eigenvalue weighted by Crippen LogP contribution is 2.23. The van der Waals surface area contributed by atoms with E-state index in [1.54, 1.807) is 14.2 Å². The normalized spacial score (nSPS) is 24.1. The molecule has 0 radical (unpaired) electrons. The Morgan fingerprint density at radius 3 is 2.78 bits per heavy atom. The van der Waals surface area contributed by atoms with Gasteiger partial charge in [0.05, 0.1) is 31.1 Å². The summed E-state index contributed by atoms with van der Waals surface area (Å²) in [6.07, 6.45) is 9.01. The molecule has 2 rings (SSSR count). The first kappa shape index (κ1) is 13.4. The highest BCUT2D eigenvalue weighted by Gasteiger charge is 2.20. The summed E-state index contributed by atoms with van der Waals surface area (Å²) < 4.78 is 12.3. The van der Waals surface area contributed by atoms with E-state index in [0.29, 0.717) is 18.8 Å². The zero-order valence-corrected chi connectivity index (χ0v) is 11.3. The van der Waals surface area contributed by atoms with Crippen LogP contribution in [0.1, 0.15) is 25.7 Å². The molecule has 1 aliphatic rings. The zero-order valence-electron chi connectivity index (χ0n) is 11.3. The minimum atomic E-state index is 0.451. The van der Waals surface area contributed by atoms with Gasteiger partial charge in [-0.2, -0.15) is 5.10 Å². The van der Waals surface area contributed by atoms with Gasteiger partial charge in [-0.05, 0) is 25.7 Å². The molecule has 0 unspecified atom stereocenters. The second-order valence-electron chi connectivity index (χ2n) is 4.84. The van der Waals surface area contributed by atoms with E-state index in [1.165, 1.54) is 12.8 Å².